The predicted molar refractivity (Wildman–Crippen MR) is 77.1 cm³/mol. The summed E-state index contributed by atoms with van der Waals surface area (Å²) in [7, 11) is 1.94. The number of hydrogen-bond donors (Lipinski definition) is 0. The van der Waals surface area contributed by atoms with E-state index >= 15 is 0 Å². The smallest absolute Gasteiger partial charge is 0.144 e. The molecular formula is C15H24N4. The van der Waals surface area contributed by atoms with Crippen LogP contribution in [-0.4, -0.2) is 22.9 Å². The Kier molecular flexibility index (Phi) is 3.84. The maximum atomic E-state index is 9.31. The van der Waals surface area contributed by atoms with Gasteiger partial charge in [-0.25, -0.2) is 0 Å². The highest BCUT2D eigenvalue weighted by molar-refractivity contribution is 5.57. The minimum atomic E-state index is 0.511. The normalized spacial score (nSPS) is 18.4. The first-order valence-corrected chi connectivity index (χ1v) is 7.25. The topological polar surface area (TPSA) is 44.9 Å². The van der Waals surface area contributed by atoms with Gasteiger partial charge < -0.3 is 4.90 Å². The van der Waals surface area contributed by atoms with Crippen molar-refractivity contribution < 1.29 is 0 Å². The number of piperidine rings is 1. The number of hydrogen-bond acceptors (Lipinski definition) is 3. The Hall–Kier alpha value is -1.50. The van der Waals surface area contributed by atoms with Crippen molar-refractivity contribution >= 4 is 5.82 Å². The van der Waals surface area contributed by atoms with Gasteiger partial charge in [-0.3, -0.25) is 4.68 Å². The van der Waals surface area contributed by atoms with Crippen LogP contribution in [0.4, 0.5) is 5.82 Å². The maximum Gasteiger partial charge on any atom is 0.144 e. The molecule has 0 amide bonds. The van der Waals surface area contributed by atoms with Gasteiger partial charge in [-0.1, -0.05) is 26.7 Å². The van der Waals surface area contributed by atoms with Crippen LogP contribution < -0.4 is 4.90 Å². The SMILES string of the molecule is CCC1(CC)CCN(c2c(C#N)c(C)nn2C)CC1. The molecule has 1 fully saturated rings. The molecule has 0 unspecified atom stereocenters. The monoisotopic (exact) mass is 260 g/mol. The second-order valence-corrected chi connectivity index (χ2v) is 5.71. The summed E-state index contributed by atoms with van der Waals surface area (Å²) in [4.78, 5) is 2.34. The minimum absolute atomic E-state index is 0.511. The van der Waals surface area contributed by atoms with Gasteiger partial charge in [-0.2, -0.15) is 10.4 Å². The first-order chi connectivity index (χ1) is 9.06. The van der Waals surface area contributed by atoms with Crippen LogP contribution in [-0.2, 0) is 7.05 Å². The Morgan fingerprint density at radius 3 is 2.32 bits per heavy atom. The summed E-state index contributed by atoms with van der Waals surface area (Å²) in [5, 5.41) is 13.7. The lowest BCUT2D eigenvalue weighted by Gasteiger charge is -2.41. The fraction of sp³-hybridized carbons (Fsp3) is 0.733. The van der Waals surface area contributed by atoms with Crippen molar-refractivity contribution in [3.8, 4) is 6.07 Å². The summed E-state index contributed by atoms with van der Waals surface area (Å²) in [5.74, 6) is 1.00. The van der Waals surface area contributed by atoms with E-state index in [0.29, 0.717) is 5.41 Å². The average Bonchev–Trinajstić information content (AvgIpc) is 2.73. The Labute approximate surface area is 116 Å². The summed E-state index contributed by atoms with van der Waals surface area (Å²) in [5.41, 5.74) is 2.09. The third kappa shape index (κ3) is 2.34. The van der Waals surface area contributed by atoms with E-state index in [1.807, 2.05) is 18.7 Å². The Morgan fingerprint density at radius 2 is 1.84 bits per heavy atom. The van der Waals surface area contributed by atoms with E-state index in [1.54, 1.807) is 0 Å². The lowest BCUT2D eigenvalue weighted by Crippen LogP contribution is -2.40. The molecule has 104 valence electrons. The number of aryl methyl sites for hydroxylation is 2. The molecule has 1 aromatic rings. The molecule has 1 aliphatic rings. The zero-order valence-corrected chi connectivity index (χ0v) is 12.5. The molecule has 1 aliphatic heterocycles. The van der Waals surface area contributed by atoms with Crippen molar-refractivity contribution in [2.24, 2.45) is 12.5 Å². The van der Waals surface area contributed by atoms with E-state index in [-0.39, 0.29) is 0 Å². The lowest BCUT2D eigenvalue weighted by molar-refractivity contribution is 0.198. The van der Waals surface area contributed by atoms with Crippen LogP contribution in [0.2, 0.25) is 0 Å². The molecule has 1 saturated heterocycles. The van der Waals surface area contributed by atoms with Crippen LogP contribution in [0, 0.1) is 23.7 Å². The molecule has 0 atom stereocenters. The third-order valence-electron chi connectivity index (χ3n) is 4.93. The van der Waals surface area contributed by atoms with Crippen molar-refractivity contribution in [3.63, 3.8) is 0 Å². The molecule has 0 aromatic carbocycles. The summed E-state index contributed by atoms with van der Waals surface area (Å²) >= 11 is 0. The zero-order chi connectivity index (χ0) is 14.0. The second kappa shape index (κ2) is 5.24. The van der Waals surface area contributed by atoms with Gasteiger partial charge in [0.2, 0.25) is 0 Å². The molecule has 0 spiro atoms. The number of anilines is 1. The molecule has 1 aromatic heterocycles. The van der Waals surface area contributed by atoms with Crippen LogP contribution in [0.5, 0.6) is 0 Å². The average molecular weight is 260 g/mol. The maximum absolute atomic E-state index is 9.31. The molecule has 2 heterocycles. The Bertz CT molecular complexity index is 481. The van der Waals surface area contributed by atoms with E-state index in [9.17, 15) is 5.26 Å². The van der Waals surface area contributed by atoms with E-state index in [4.69, 9.17) is 0 Å². The minimum Gasteiger partial charge on any atom is -0.356 e. The number of nitriles is 1. The van der Waals surface area contributed by atoms with Crippen molar-refractivity contribution in [1.29, 1.82) is 5.26 Å². The number of aromatic nitrogens is 2. The van der Waals surface area contributed by atoms with Crippen molar-refractivity contribution in [2.45, 2.75) is 46.5 Å². The third-order valence-corrected chi connectivity index (χ3v) is 4.93. The zero-order valence-electron chi connectivity index (χ0n) is 12.5. The van der Waals surface area contributed by atoms with E-state index in [1.165, 1.54) is 25.7 Å². The van der Waals surface area contributed by atoms with E-state index < -0.39 is 0 Å². The van der Waals surface area contributed by atoms with Crippen molar-refractivity contribution in [1.82, 2.24) is 9.78 Å². The van der Waals surface area contributed by atoms with Gasteiger partial charge in [0.25, 0.3) is 0 Å². The highest BCUT2D eigenvalue weighted by Crippen LogP contribution is 2.39. The van der Waals surface area contributed by atoms with Crippen LogP contribution in [0.25, 0.3) is 0 Å². The van der Waals surface area contributed by atoms with Crippen LogP contribution >= 0.6 is 0 Å². The predicted octanol–water partition coefficient (Wildman–Crippen LogP) is 3.01. The Balaban J connectivity index is 2.21. The van der Waals surface area contributed by atoms with Gasteiger partial charge >= 0.3 is 0 Å². The fourth-order valence-corrected chi connectivity index (χ4v) is 3.29. The molecule has 2 rings (SSSR count). The molecular weight excluding hydrogens is 236 g/mol. The summed E-state index contributed by atoms with van der Waals surface area (Å²) in [6, 6.07) is 2.31. The van der Waals surface area contributed by atoms with Gasteiger partial charge in [0.05, 0.1) is 5.69 Å². The van der Waals surface area contributed by atoms with Gasteiger partial charge in [0.1, 0.15) is 17.5 Å². The highest BCUT2D eigenvalue weighted by Gasteiger charge is 2.33. The Morgan fingerprint density at radius 1 is 1.26 bits per heavy atom. The number of nitrogens with zero attached hydrogens (tertiary/aromatic N) is 4. The quantitative estimate of drug-likeness (QED) is 0.839. The van der Waals surface area contributed by atoms with Gasteiger partial charge in [0, 0.05) is 20.1 Å². The van der Waals surface area contributed by atoms with Crippen molar-refractivity contribution in [2.75, 3.05) is 18.0 Å². The first kappa shape index (κ1) is 13.9. The van der Waals surface area contributed by atoms with Gasteiger partial charge in [-0.05, 0) is 25.2 Å². The van der Waals surface area contributed by atoms with Gasteiger partial charge in [0.15, 0.2) is 0 Å². The summed E-state index contributed by atoms with van der Waals surface area (Å²) in [6.45, 7) is 8.58. The van der Waals surface area contributed by atoms with Gasteiger partial charge in [-0.15, -0.1) is 0 Å². The standard InChI is InChI=1S/C15H24N4/c1-5-15(6-2)7-9-19(10-8-15)14-13(11-16)12(3)17-18(14)4/h5-10H2,1-4H3. The highest BCUT2D eigenvalue weighted by atomic mass is 15.4. The second-order valence-electron chi connectivity index (χ2n) is 5.71. The van der Waals surface area contributed by atoms with Crippen LogP contribution in [0.15, 0.2) is 0 Å². The molecule has 0 aliphatic carbocycles. The number of rotatable bonds is 3. The molecule has 0 N–H and O–H groups in total. The molecule has 0 radical (unpaired) electrons. The molecule has 0 bridgehead atoms. The van der Waals surface area contributed by atoms with E-state index in [0.717, 1.165) is 30.2 Å². The van der Waals surface area contributed by atoms with Crippen molar-refractivity contribution in [3.05, 3.63) is 11.3 Å². The largest absolute Gasteiger partial charge is 0.356 e. The first-order valence-electron chi connectivity index (χ1n) is 7.25. The summed E-state index contributed by atoms with van der Waals surface area (Å²) < 4.78 is 1.86. The molecule has 0 saturated carbocycles. The fourth-order valence-electron chi connectivity index (χ4n) is 3.29. The van der Waals surface area contributed by atoms with Crippen LogP contribution in [0.1, 0.15) is 50.8 Å². The molecule has 19 heavy (non-hydrogen) atoms. The molecule has 4 heteroatoms. The lowest BCUT2D eigenvalue weighted by atomic mass is 9.74. The van der Waals surface area contributed by atoms with Crippen LogP contribution in [0.3, 0.4) is 0 Å². The van der Waals surface area contributed by atoms with E-state index in [2.05, 4.69) is 29.9 Å². The molecule has 4 nitrogen and oxygen atoms in total. The summed E-state index contributed by atoms with van der Waals surface area (Å²) in [6.07, 6.45) is 4.95.